The summed E-state index contributed by atoms with van der Waals surface area (Å²) in [5.41, 5.74) is 0.318. The van der Waals surface area contributed by atoms with E-state index in [1.54, 1.807) is 6.07 Å². The number of aromatic nitrogens is 2. The van der Waals surface area contributed by atoms with Gasteiger partial charge in [0.25, 0.3) is 5.56 Å². The van der Waals surface area contributed by atoms with Crippen molar-refractivity contribution in [3.8, 4) is 0 Å². The van der Waals surface area contributed by atoms with Gasteiger partial charge in [0.2, 0.25) is 0 Å². The second kappa shape index (κ2) is 5.75. The number of aromatic carboxylic acids is 1. The molecule has 0 saturated heterocycles. The first kappa shape index (κ1) is 14.1. The Morgan fingerprint density at radius 3 is 2.80 bits per heavy atom. The number of H-pyrrole nitrogens is 1. The van der Waals surface area contributed by atoms with Crippen molar-refractivity contribution >= 4 is 29.1 Å². The Kier molecular flexibility index (Phi) is 4.05. The zero-order chi connectivity index (χ0) is 14.7. The molecule has 0 atom stereocenters. The third-order valence-corrected chi connectivity index (χ3v) is 2.91. The summed E-state index contributed by atoms with van der Waals surface area (Å²) in [6, 6.07) is 5.74. The summed E-state index contributed by atoms with van der Waals surface area (Å²) in [6.07, 6.45) is 0.601. The third-order valence-electron chi connectivity index (χ3n) is 2.60. The summed E-state index contributed by atoms with van der Waals surface area (Å²) in [5.74, 6) is -0.151. The quantitative estimate of drug-likeness (QED) is 0.804. The fraction of sp³-hybridized carbons (Fsp3) is 0.154. The fourth-order valence-electron chi connectivity index (χ4n) is 1.65. The van der Waals surface area contributed by atoms with Gasteiger partial charge in [0.05, 0.1) is 10.6 Å². The van der Waals surface area contributed by atoms with Gasteiger partial charge in [-0.25, -0.2) is 9.78 Å². The molecule has 0 saturated carbocycles. The number of carboxylic acids is 1. The molecule has 0 spiro atoms. The van der Waals surface area contributed by atoms with Crippen LogP contribution < -0.4 is 10.9 Å². The first-order valence-corrected chi connectivity index (χ1v) is 6.27. The summed E-state index contributed by atoms with van der Waals surface area (Å²) >= 11 is 5.87. The summed E-state index contributed by atoms with van der Waals surface area (Å²) < 4.78 is 0. The number of hydrogen-bond acceptors (Lipinski definition) is 4. The maximum absolute atomic E-state index is 11.4. The number of carbonyl (C=O) groups is 1. The van der Waals surface area contributed by atoms with Crippen LogP contribution in [0.5, 0.6) is 0 Å². The molecule has 1 heterocycles. The van der Waals surface area contributed by atoms with Gasteiger partial charge in [-0.1, -0.05) is 18.5 Å². The topological polar surface area (TPSA) is 95.1 Å². The minimum absolute atomic E-state index is 0.0188. The second-order valence-electron chi connectivity index (χ2n) is 4.06. The zero-order valence-corrected chi connectivity index (χ0v) is 11.4. The van der Waals surface area contributed by atoms with E-state index < -0.39 is 5.97 Å². The van der Waals surface area contributed by atoms with Crippen molar-refractivity contribution in [1.29, 1.82) is 0 Å². The standard InChI is InChI=1S/C13H12ClN3O3/c1-2-10-16-11(6-12(18)17-10)15-7-3-4-8(13(19)20)9(14)5-7/h3-6H,2H2,1H3,(H,19,20)(H2,15,16,17,18). The van der Waals surface area contributed by atoms with Gasteiger partial charge < -0.3 is 15.4 Å². The van der Waals surface area contributed by atoms with Crippen molar-refractivity contribution in [2.24, 2.45) is 0 Å². The predicted molar refractivity (Wildman–Crippen MR) is 75.9 cm³/mol. The molecule has 0 bridgehead atoms. The monoisotopic (exact) mass is 293 g/mol. The lowest BCUT2D eigenvalue weighted by Gasteiger charge is -2.08. The van der Waals surface area contributed by atoms with E-state index >= 15 is 0 Å². The van der Waals surface area contributed by atoms with Gasteiger partial charge in [-0.05, 0) is 18.2 Å². The number of nitrogens with zero attached hydrogens (tertiary/aromatic N) is 1. The van der Waals surface area contributed by atoms with Crippen LogP contribution in [-0.4, -0.2) is 21.0 Å². The Hall–Kier alpha value is -2.34. The highest BCUT2D eigenvalue weighted by atomic mass is 35.5. The van der Waals surface area contributed by atoms with E-state index in [2.05, 4.69) is 15.3 Å². The van der Waals surface area contributed by atoms with E-state index in [9.17, 15) is 9.59 Å². The van der Waals surface area contributed by atoms with Gasteiger partial charge in [-0.3, -0.25) is 4.79 Å². The Bertz CT molecular complexity index is 712. The molecule has 0 fully saturated rings. The minimum Gasteiger partial charge on any atom is -0.478 e. The summed E-state index contributed by atoms with van der Waals surface area (Å²) in [7, 11) is 0. The van der Waals surface area contributed by atoms with E-state index in [0.29, 0.717) is 23.8 Å². The maximum atomic E-state index is 11.4. The number of carboxylic acid groups (broad SMARTS) is 1. The highest BCUT2D eigenvalue weighted by molar-refractivity contribution is 6.33. The van der Waals surface area contributed by atoms with E-state index in [-0.39, 0.29) is 16.1 Å². The highest BCUT2D eigenvalue weighted by Gasteiger charge is 2.09. The lowest BCUT2D eigenvalue weighted by atomic mass is 10.2. The molecule has 1 aromatic heterocycles. The molecule has 0 unspecified atom stereocenters. The number of rotatable bonds is 4. The molecule has 0 amide bonds. The molecule has 0 aliphatic heterocycles. The summed E-state index contributed by atoms with van der Waals surface area (Å²) in [4.78, 5) is 29.1. The van der Waals surface area contributed by atoms with Gasteiger partial charge in [0.15, 0.2) is 0 Å². The van der Waals surface area contributed by atoms with Crippen molar-refractivity contribution in [2.75, 3.05) is 5.32 Å². The van der Waals surface area contributed by atoms with Gasteiger partial charge >= 0.3 is 5.97 Å². The zero-order valence-electron chi connectivity index (χ0n) is 10.6. The molecule has 104 valence electrons. The van der Waals surface area contributed by atoms with Crippen molar-refractivity contribution < 1.29 is 9.90 Å². The molecule has 3 N–H and O–H groups in total. The number of nitrogens with one attached hydrogen (secondary N) is 2. The van der Waals surface area contributed by atoms with E-state index in [0.717, 1.165) is 0 Å². The Morgan fingerprint density at radius 1 is 1.45 bits per heavy atom. The molecular formula is C13H12ClN3O3. The van der Waals surface area contributed by atoms with Gasteiger partial charge in [0.1, 0.15) is 11.6 Å². The molecule has 2 rings (SSSR count). The van der Waals surface area contributed by atoms with Crippen LogP contribution in [0.2, 0.25) is 5.02 Å². The average molecular weight is 294 g/mol. The second-order valence-corrected chi connectivity index (χ2v) is 4.46. The number of hydrogen-bond donors (Lipinski definition) is 3. The predicted octanol–water partition coefficient (Wildman–Crippen LogP) is 2.43. The van der Waals surface area contributed by atoms with Crippen LogP contribution >= 0.6 is 11.6 Å². The number of aromatic amines is 1. The fourth-order valence-corrected chi connectivity index (χ4v) is 1.92. The van der Waals surface area contributed by atoms with Crippen molar-refractivity contribution in [2.45, 2.75) is 13.3 Å². The molecule has 1 aromatic carbocycles. The molecule has 6 nitrogen and oxygen atoms in total. The number of anilines is 2. The summed E-state index contributed by atoms with van der Waals surface area (Å²) in [6.45, 7) is 1.88. The third kappa shape index (κ3) is 3.16. The van der Waals surface area contributed by atoms with Crippen molar-refractivity contribution in [3.05, 3.63) is 51.0 Å². The van der Waals surface area contributed by atoms with E-state index in [4.69, 9.17) is 16.7 Å². The van der Waals surface area contributed by atoms with E-state index in [1.165, 1.54) is 18.2 Å². The Labute approximate surface area is 119 Å². The van der Waals surface area contributed by atoms with Crippen LogP contribution in [0, 0.1) is 0 Å². The number of halogens is 1. The number of aryl methyl sites for hydroxylation is 1. The average Bonchev–Trinajstić information content (AvgIpc) is 2.37. The van der Waals surface area contributed by atoms with Crippen molar-refractivity contribution in [3.63, 3.8) is 0 Å². The molecule has 0 aliphatic carbocycles. The lowest BCUT2D eigenvalue weighted by molar-refractivity contribution is 0.0697. The van der Waals surface area contributed by atoms with Gasteiger partial charge in [-0.15, -0.1) is 0 Å². The van der Waals surface area contributed by atoms with E-state index in [1.807, 2.05) is 6.92 Å². The first-order valence-electron chi connectivity index (χ1n) is 5.89. The molecule has 7 heteroatoms. The van der Waals surface area contributed by atoms with Crippen LogP contribution in [0.25, 0.3) is 0 Å². The Morgan fingerprint density at radius 2 is 2.20 bits per heavy atom. The first-order chi connectivity index (χ1) is 9.49. The largest absolute Gasteiger partial charge is 0.478 e. The number of benzene rings is 1. The van der Waals surface area contributed by atoms with Crippen molar-refractivity contribution in [1.82, 2.24) is 9.97 Å². The van der Waals surface area contributed by atoms with Crippen LogP contribution in [0.15, 0.2) is 29.1 Å². The highest BCUT2D eigenvalue weighted by Crippen LogP contribution is 2.22. The molecular weight excluding hydrogens is 282 g/mol. The molecule has 0 radical (unpaired) electrons. The maximum Gasteiger partial charge on any atom is 0.337 e. The Balaban J connectivity index is 2.30. The molecule has 0 aliphatic rings. The summed E-state index contributed by atoms with van der Waals surface area (Å²) in [5, 5.41) is 11.9. The van der Waals surface area contributed by atoms with Crippen LogP contribution in [0.4, 0.5) is 11.5 Å². The lowest BCUT2D eigenvalue weighted by Crippen LogP contribution is -2.11. The van der Waals surface area contributed by atoms with Gasteiger partial charge in [0, 0.05) is 18.2 Å². The van der Waals surface area contributed by atoms with Crippen LogP contribution in [-0.2, 0) is 6.42 Å². The normalized spacial score (nSPS) is 10.3. The minimum atomic E-state index is -1.09. The SMILES string of the molecule is CCc1nc(Nc2ccc(C(=O)O)c(Cl)c2)cc(=O)[nH]1. The smallest absolute Gasteiger partial charge is 0.337 e. The van der Waals surface area contributed by atoms with Gasteiger partial charge in [-0.2, -0.15) is 0 Å². The van der Waals surface area contributed by atoms with Crippen LogP contribution in [0.1, 0.15) is 23.1 Å². The molecule has 2 aromatic rings. The molecule has 20 heavy (non-hydrogen) atoms. The van der Waals surface area contributed by atoms with Crippen LogP contribution in [0.3, 0.4) is 0 Å².